The number of methoxy groups -OCH3 is 2. The summed E-state index contributed by atoms with van der Waals surface area (Å²) in [6.45, 7) is 13.6. The van der Waals surface area contributed by atoms with Crippen molar-refractivity contribution in [2.24, 2.45) is 0 Å². The largest absolute Gasteiger partial charge is 3.00 e. The zero-order valence-electron chi connectivity index (χ0n) is 29.8. The standard InChI is InChI=1S/C45H41N2O2.Au/c1-44(2,3)33-16-21-42-37(25-33)38-26-34(45(4,5)6)27-39(43(38)47-42)41-11-9-10-40(46-41)32-23-30(28-12-17-35(48-7)18-13-28)22-31(24-32)29-14-19-36(49-8)20-15-29;/h9-14,16-23,25-27H,1-8H3;/q-3;+3. The fourth-order valence-electron chi connectivity index (χ4n) is 6.27. The first-order valence-corrected chi connectivity index (χ1v) is 16.7. The Hall–Kier alpha value is -4.61. The molecule has 5 aromatic carbocycles. The number of ether oxygens (including phenoxy) is 2. The van der Waals surface area contributed by atoms with Crippen LogP contribution in [0.4, 0.5) is 0 Å². The third-order valence-electron chi connectivity index (χ3n) is 9.26. The molecule has 7 rings (SSSR count). The minimum absolute atomic E-state index is 0. The van der Waals surface area contributed by atoms with Gasteiger partial charge in [0.05, 0.1) is 19.9 Å². The van der Waals surface area contributed by atoms with Crippen LogP contribution in [-0.4, -0.2) is 19.2 Å². The van der Waals surface area contributed by atoms with E-state index in [4.69, 9.17) is 19.4 Å². The number of aromatic nitrogens is 2. The van der Waals surface area contributed by atoms with Gasteiger partial charge in [0.1, 0.15) is 5.75 Å². The van der Waals surface area contributed by atoms with Crippen LogP contribution in [-0.2, 0) is 33.2 Å². The van der Waals surface area contributed by atoms with Crippen LogP contribution >= 0.6 is 0 Å². The van der Waals surface area contributed by atoms with Crippen LogP contribution < -0.4 is 14.5 Å². The molecule has 0 bridgehead atoms. The second-order valence-electron chi connectivity index (χ2n) is 14.7. The van der Waals surface area contributed by atoms with Gasteiger partial charge in [-0.05, 0) is 62.1 Å². The molecule has 0 N–H and O–H groups in total. The summed E-state index contributed by atoms with van der Waals surface area (Å²) in [5, 5.41) is 2.35. The average Bonchev–Trinajstić information content (AvgIpc) is 3.48. The molecule has 0 fully saturated rings. The average molecular weight is 839 g/mol. The van der Waals surface area contributed by atoms with E-state index in [0.29, 0.717) is 0 Å². The predicted molar refractivity (Wildman–Crippen MR) is 202 cm³/mol. The summed E-state index contributed by atoms with van der Waals surface area (Å²) < 4.78 is 10.8. The van der Waals surface area contributed by atoms with Crippen molar-refractivity contribution in [3.63, 3.8) is 0 Å². The Morgan fingerprint density at radius 3 is 1.92 bits per heavy atom. The molecule has 0 saturated heterocycles. The summed E-state index contributed by atoms with van der Waals surface area (Å²) in [5.41, 5.74) is 12.1. The van der Waals surface area contributed by atoms with E-state index in [1.807, 2.05) is 30.3 Å². The molecule has 0 aliphatic carbocycles. The zero-order chi connectivity index (χ0) is 34.5. The first kappa shape index (κ1) is 35.2. The SMILES string of the molecule is COc1c[c-]c(-c2[c-]c(-c3cccc(-c4cc(C(C)(C)C)cc5c4[n-]c4ccc(C(C)(C)C)cc45)n3)cc(-c3ccc(OC)cc3)c2)cc1.[Au+3]. The molecule has 0 unspecified atom stereocenters. The van der Waals surface area contributed by atoms with E-state index in [9.17, 15) is 0 Å². The monoisotopic (exact) mass is 838 g/mol. The number of hydrogen-bond acceptors (Lipinski definition) is 3. The van der Waals surface area contributed by atoms with Crippen molar-refractivity contribution in [2.75, 3.05) is 14.2 Å². The second-order valence-corrected chi connectivity index (χ2v) is 14.7. The summed E-state index contributed by atoms with van der Waals surface area (Å²) in [5.74, 6) is 1.58. The molecule has 0 amide bonds. The van der Waals surface area contributed by atoms with E-state index in [2.05, 4.69) is 126 Å². The molecule has 5 heteroatoms. The van der Waals surface area contributed by atoms with E-state index in [1.165, 1.54) is 21.9 Å². The Balaban J connectivity index is 0.00000432. The molecule has 0 saturated carbocycles. The smallest absolute Gasteiger partial charge is 0.656 e. The first-order chi connectivity index (χ1) is 23.4. The molecule has 0 aliphatic rings. The van der Waals surface area contributed by atoms with Gasteiger partial charge in [0.25, 0.3) is 0 Å². The van der Waals surface area contributed by atoms with Crippen molar-refractivity contribution in [3.05, 3.63) is 126 Å². The molecule has 254 valence electrons. The van der Waals surface area contributed by atoms with Crippen molar-refractivity contribution in [1.29, 1.82) is 0 Å². The Kier molecular flexibility index (Phi) is 9.58. The summed E-state index contributed by atoms with van der Waals surface area (Å²) >= 11 is 0. The quantitative estimate of drug-likeness (QED) is 0.124. The molecule has 2 aromatic heterocycles. The summed E-state index contributed by atoms with van der Waals surface area (Å²) in [7, 11) is 3.35. The van der Waals surface area contributed by atoms with Crippen molar-refractivity contribution in [1.82, 2.24) is 9.97 Å². The van der Waals surface area contributed by atoms with Crippen LogP contribution in [0.3, 0.4) is 0 Å². The van der Waals surface area contributed by atoms with Gasteiger partial charge in [-0.15, -0.1) is 34.8 Å². The Bertz CT molecular complexity index is 2240. The summed E-state index contributed by atoms with van der Waals surface area (Å²) in [6, 6.07) is 42.8. The molecule has 0 aliphatic heterocycles. The first-order valence-electron chi connectivity index (χ1n) is 16.7. The van der Waals surface area contributed by atoms with Gasteiger partial charge in [0.2, 0.25) is 0 Å². The van der Waals surface area contributed by atoms with Crippen molar-refractivity contribution < 1.29 is 31.9 Å². The van der Waals surface area contributed by atoms with Crippen LogP contribution in [0.5, 0.6) is 11.5 Å². The van der Waals surface area contributed by atoms with E-state index in [-0.39, 0.29) is 33.2 Å². The number of nitrogens with zero attached hydrogens (tertiary/aromatic N) is 2. The molecule has 0 spiro atoms. The maximum atomic E-state index is 5.43. The molecule has 7 aromatic rings. The Morgan fingerprint density at radius 1 is 0.600 bits per heavy atom. The van der Waals surface area contributed by atoms with Gasteiger partial charge in [0.15, 0.2) is 0 Å². The van der Waals surface area contributed by atoms with Crippen LogP contribution in [0.25, 0.3) is 66.6 Å². The fraction of sp³-hybridized carbons (Fsp3) is 0.222. The molecular formula is C45H41AuN2O2. The summed E-state index contributed by atoms with van der Waals surface area (Å²) in [6.07, 6.45) is 0. The van der Waals surface area contributed by atoms with Crippen molar-refractivity contribution in [2.45, 2.75) is 52.4 Å². The van der Waals surface area contributed by atoms with Gasteiger partial charge in [0, 0.05) is 11.4 Å². The third-order valence-corrected chi connectivity index (χ3v) is 9.26. The Labute approximate surface area is 311 Å². The molecular weight excluding hydrogens is 797 g/mol. The van der Waals surface area contributed by atoms with Gasteiger partial charge in [-0.3, -0.25) is 4.98 Å². The number of rotatable bonds is 6. The van der Waals surface area contributed by atoms with Crippen molar-refractivity contribution >= 4 is 21.8 Å². The van der Waals surface area contributed by atoms with E-state index in [1.54, 1.807) is 14.2 Å². The summed E-state index contributed by atoms with van der Waals surface area (Å²) in [4.78, 5) is 10.5. The molecule has 4 nitrogen and oxygen atoms in total. The van der Waals surface area contributed by atoms with Gasteiger partial charge < -0.3 is 14.5 Å². The molecule has 2 heterocycles. The maximum Gasteiger partial charge on any atom is 3.00 e. The normalized spacial score (nSPS) is 11.8. The third kappa shape index (κ3) is 6.89. The minimum atomic E-state index is -0.0595. The van der Waals surface area contributed by atoms with Crippen LogP contribution in [0.2, 0.25) is 0 Å². The minimum Gasteiger partial charge on any atom is -0.656 e. The van der Waals surface area contributed by atoms with Crippen LogP contribution in [0.15, 0.2) is 103 Å². The van der Waals surface area contributed by atoms with Gasteiger partial charge >= 0.3 is 22.4 Å². The number of fused-ring (bicyclic) bond motifs is 3. The van der Waals surface area contributed by atoms with E-state index < -0.39 is 0 Å². The van der Waals surface area contributed by atoms with Crippen molar-refractivity contribution in [3.8, 4) is 56.3 Å². The molecule has 0 atom stereocenters. The topological polar surface area (TPSA) is 45.5 Å². The van der Waals surface area contributed by atoms with Gasteiger partial charge in [-0.25, -0.2) is 5.56 Å². The second kappa shape index (κ2) is 13.6. The molecule has 0 radical (unpaired) electrons. The zero-order valence-corrected chi connectivity index (χ0v) is 32.0. The van der Waals surface area contributed by atoms with Crippen LogP contribution in [0, 0.1) is 12.1 Å². The molecule has 50 heavy (non-hydrogen) atoms. The van der Waals surface area contributed by atoms with Crippen LogP contribution in [0.1, 0.15) is 52.7 Å². The van der Waals surface area contributed by atoms with Gasteiger partial charge in [-0.1, -0.05) is 102 Å². The number of benzene rings is 5. The maximum absolute atomic E-state index is 5.43. The van der Waals surface area contributed by atoms with E-state index >= 15 is 0 Å². The predicted octanol–water partition coefficient (Wildman–Crippen LogP) is 11.2. The van der Waals surface area contributed by atoms with E-state index in [0.717, 1.165) is 67.3 Å². The van der Waals surface area contributed by atoms with Gasteiger partial charge in [-0.2, -0.15) is 29.8 Å². The fourth-order valence-corrected chi connectivity index (χ4v) is 6.27. The Morgan fingerprint density at radius 2 is 1.26 bits per heavy atom. The number of hydrogen-bond donors (Lipinski definition) is 0. The number of pyridine rings is 1.